The number of hydrogen-bond acceptors (Lipinski definition) is 1. The van der Waals surface area contributed by atoms with Crippen molar-refractivity contribution in [2.45, 2.75) is 6.92 Å². The maximum atomic E-state index is 13.3. The molecule has 0 saturated heterocycles. The highest BCUT2D eigenvalue weighted by molar-refractivity contribution is 9.11. The third-order valence-electron chi connectivity index (χ3n) is 2.84. The first kappa shape index (κ1) is 15.2. The van der Waals surface area contributed by atoms with Crippen LogP contribution in [0.15, 0.2) is 51.4 Å². The molecule has 0 fully saturated rings. The number of carbonyl (C=O) groups excluding carboxylic acids is 1. The summed E-state index contributed by atoms with van der Waals surface area (Å²) in [5.74, 6) is -0.527. The van der Waals surface area contributed by atoms with E-state index in [4.69, 9.17) is 0 Å². The smallest absolute Gasteiger partial charge is 0.259 e. The van der Waals surface area contributed by atoms with Gasteiger partial charge in [0.05, 0.1) is 5.56 Å². The average Bonchev–Trinajstić information content (AvgIpc) is 2.39. The summed E-state index contributed by atoms with van der Waals surface area (Å²) in [6.45, 7) is 2.32. The van der Waals surface area contributed by atoms with Gasteiger partial charge in [0.15, 0.2) is 0 Å². The Morgan fingerprint density at radius 2 is 1.95 bits per heavy atom. The molecule has 0 aromatic heterocycles. The Balaban J connectivity index is 2.39. The number of amides is 1. The maximum absolute atomic E-state index is 13.3. The Morgan fingerprint density at radius 3 is 2.55 bits per heavy atom. The summed E-state index contributed by atoms with van der Waals surface area (Å²) < 4.78 is 14.9. The molecular weight excluding hydrogens is 389 g/mol. The number of benzene rings is 2. The molecular formula is C15H12Br2FNO. The monoisotopic (exact) mass is 399 g/mol. The van der Waals surface area contributed by atoms with E-state index in [1.807, 2.05) is 13.0 Å². The van der Waals surface area contributed by atoms with Crippen LogP contribution in [0.2, 0.25) is 0 Å². The van der Waals surface area contributed by atoms with Gasteiger partial charge in [-0.15, -0.1) is 0 Å². The van der Waals surface area contributed by atoms with Crippen molar-refractivity contribution in [1.82, 2.24) is 0 Å². The molecule has 0 heterocycles. The van der Waals surface area contributed by atoms with E-state index < -0.39 is 0 Å². The molecule has 2 rings (SSSR count). The summed E-state index contributed by atoms with van der Waals surface area (Å²) >= 11 is 6.73. The zero-order chi connectivity index (χ0) is 14.7. The second kappa shape index (κ2) is 6.50. The van der Waals surface area contributed by atoms with Gasteiger partial charge in [-0.25, -0.2) is 4.39 Å². The van der Waals surface area contributed by atoms with Gasteiger partial charge in [-0.3, -0.25) is 4.79 Å². The van der Waals surface area contributed by atoms with Crippen molar-refractivity contribution < 1.29 is 9.18 Å². The third-order valence-corrected chi connectivity index (χ3v) is 3.99. The quantitative estimate of drug-likeness (QED) is 0.708. The zero-order valence-corrected chi connectivity index (χ0v) is 13.9. The Morgan fingerprint density at radius 1 is 1.20 bits per heavy atom. The van der Waals surface area contributed by atoms with Crippen molar-refractivity contribution in [3.05, 3.63) is 62.8 Å². The first-order valence-corrected chi connectivity index (χ1v) is 7.64. The van der Waals surface area contributed by atoms with Crippen LogP contribution in [-0.4, -0.2) is 12.5 Å². The molecule has 20 heavy (non-hydrogen) atoms. The van der Waals surface area contributed by atoms with Gasteiger partial charge in [0.2, 0.25) is 0 Å². The summed E-state index contributed by atoms with van der Waals surface area (Å²) in [5.41, 5.74) is 1.09. The standard InChI is InChI=1S/C15H12Br2FNO/c1-2-19(12-5-3-4-11(18)9-12)15(20)13-7-6-10(16)8-14(13)17/h3-9H,2H2,1H3. The fourth-order valence-electron chi connectivity index (χ4n) is 1.90. The summed E-state index contributed by atoms with van der Waals surface area (Å²) in [6.07, 6.45) is 0. The van der Waals surface area contributed by atoms with Crippen molar-refractivity contribution in [1.29, 1.82) is 0 Å². The zero-order valence-electron chi connectivity index (χ0n) is 10.7. The van der Waals surface area contributed by atoms with Crippen LogP contribution >= 0.6 is 31.9 Å². The second-order valence-electron chi connectivity index (χ2n) is 4.15. The van der Waals surface area contributed by atoms with Gasteiger partial charge in [-0.05, 0) is 59.3 Å². The minimum atomic E-state index is -0.358. The largest absolute Gasteiger partial charge is 0.309 e. The van der Waals surface area contributed by atoms with Crippen molar-refractivity contribution in [2.75, 3.05) is 11.4 Å². The van der Waals surface area contributed by atoms with Crippen LogP contribution in [0.1, 0.15) is 17.3 Å². The minimum Gasteiger partial charge on any atom is -0.309 e. The van der Waals surface area contributed by atoms with Crippen LogP contribution in [0.3, 0.4) is 0 Å². The molecule has 0 aliphatic carbocycles. The van der Waals surface area contributed by atoms with Crippen molar-refractivity contribution in [3.8, 4) is 0 Å². The van der Waals surface area contributed by atoms with Gasteiger partial charge in [0, 0.05) is 21.2 Å². The summed E-state index contributed by atoms with van der Waals surface area (Å²) in [4.78, 5) is 14.1. The van der Waals surface area contributed by atoms with E-state index in [1.54, 1.807) is 24.3 Å². The lowest BCUT2D eigenvalue weighted by molar-refractivity contribution is 0.0987. The predicted molar refractivity (Wildman–Crippen MR) is 85.6 cm³/mol. The fraction of sp³-hybridized carbons (Fsp3) is 0.133. The van der Waals surface area contributed by atoms with E-state index in [0.717, 1.165) is 4.47 Å². The highest BCUT2D eigenvalue weighted by atomic mass is 79.9. The van der Waals surface area contributed by atoms with Gasteiger partial charge >= 0.3 is 0 Å². The number of carbonyl (C=O) groups is 1. The Kier molecular flexibility index (Phi) is 4.94. The fourth-order valence-corrected chi connectivity index (χ4v) is 3.11. The molecule has 0 atom stereocenters. The van der Waals surface area contributed by atoms with E-state index in [2.05, 4.69) is 31.9 Å². The van der Waals surface area contributed by atoms with E-state index in [9.17, 15) is 9.18 Å². The second-order valence-corrected chi connectivity index (χ2v) is 5.92. The highest BCUT2D eigenvalue weighted by Crippen LogP contribution is 2.25. The molecule has 2 aromatic rings. The molecule has 0 radical (unpaired) electrons. The van der Waals surface area contributed by atoms with E-state index in [0.29, 0.717) is 22.3 Å². The lowest BCUT2D eigenvalue weighted by Gasteiger charge is -2.21. The molecule has 0 N–H and O–H groups in total. The molecule has 0 spiro atoms. The maximum Gasteiger partial charge on any atom is 0.259 e. The average molecular weight is 401 g/mol. The molecule has 0 aliphatic rings. The number of hydrogen-bond donors (Lipinski definition) is 0. The third kappa shape index (κ3) is 3.27. The van der Waals surface area contributed by atoms with Gasteiger partial charge < -0.3 is 4.90 Å². The first-order valence-electron chi connectivity index (χ1n) is 6.05. The number of nitrogens with zero attached hydrogens (tertiary/aromatic N) is 1. The summed E-state index contributed by atoms with van der Waals surface area (Å²) in [7, 11) is 0. The van der Waals surface area contributed by atoms with Crippen LogP contribution in [-0.2, 0) is 0 Å². The molecule has 104 valence electrons. The molecule has 0 aliphatic heterocycles. The van der Waals surface area contributed by atoms with Crippen LogP contribution < -0.4 is 4.90 Å². The Labute approximate surface area is 133 Å². The molecule has 1 amide bonds. The Hall–Kier alpha value is -1.20. The highest BCUT2D eigenvalue weighted by Gasteiger charge is 2.18. The number of rotatable bonds is 3. The van der Waals surface area contributed by atoms with Crippen molar-refractivity contribution in [3.63, 3.8) is 0 Å². The van der Waals surface area contributed by atoms with Gasteiger partial charge in [0.25, 0.3) is 5.91 Å². The topological polar surface area (TPSA) is 20.3 Å². The van der Waals surface area contributed by atoms with Gasteiger partial charge in [-0.1, -0.05) is 22.0 Å². The summed E-state index contributed by atoms with van der Waals surface area (Å²) in [6, 6.07) is 11.4. The molecule has 0 bridgehead atoms. The van der Waals surface area contributed by atoms with Crippen LogP contribution in [0, 0.1) is 5.82 Å². The normalized spacial score (nSPS) is 10.4. The van der Waals surface area contributed by atoms with Crippen LogP contribution in [0.4, 0.5) is 10.1 Å². The van der Waals surface area contributed by atoms with E-state index in [1.165, 1.54) is 17.0 Å². The lowest BCUT2D eigenvalue weighted by Crippen LogP contribution is -2.30. The van der Waals surface area contributed by atoms with Crippen molar-refractivity contribution in [2.24, 2.45) is 0 Å². The van der Waals surface area contributed by atoms with Crippen LogP contribution in [0.25, 0.3) is 0 Å². The first-order chi connectivity index (χ1) is 9.52. The molecule has 0 unspecified atom stereocenters. The predicted octanol–water partition coefficient (Wildman–Crippen LogP) is 5.02. The van der Waals surface area contributed by atoms with Gasteiger partial charge in [-0.2, -0.15) is 0 Å². The molecule has 2 nitrogen and oxygen atoms in total. The van der Waals surface area contributed by atoms with E-state index >= 15 is 0 Å². The molecule has 2 aromatic carbocycles. The molecule has 5 heteroatoms. The molecule has 0 saturated carbocycles. The van der Waals surface area contributed by atoms with Crippen molar-refractivity contribution >= 4 is 43.5 Å². The van der Waals surface area contributed by atoms with E-state index in [-0.39, 0.29) is 11.7 Å². The van der Waals surface area contributed by atoms with Gasteiger partial charge in [0.1, 0.15) is 5.82 Å². The lowest BCUT2D eigenvalue weighted by atomic mass is 10.2. The summed E-state index contributed by atoms with van der Waals surface area (Å²) in [5, 5.41) is 0. The SMILES string of the molecule is CCN(C(=O)c1ccc(Br)cc1Br)c1cccc(F)c1. The number of anilines is 1. The number of halogens is 3. The Bertz CT molecular complexity index is 646. The minimum absolute atomic E-state index is 0.169. The van der Waals surface area contributed by atoms with Crippen LogP contribution in [0.5, 0.6) is 0 Å².